The maximum Gasteiger partial charge on any atom is 0.335 e. The lowest BCUT2D eigenvalue weighted by Gasteiger charge is -2.40. The number of amides is 2. The van der Waals surface area contributed by atoms with Crippen LogP contribution in [0, 0.1) is 0 Å². The summed E-state index contributed by atoms with van der Waals surface area (Å²) in [6.45, 7) is 3.82. The quantitative estimate of drug-likeness (QED) is 0.184. The first kappa shape index (κ1) is 33.7. The molecule has 3 aromatic carbocycles. The monoisotopic (exact) mass is 630 g/mol. The van der Waals surface area contributed by atoms with Gasteiger partial charge in [0.1, 0.15) is 11.5 Å². The Kier molecular flexibility index (Phi) is 12.2. The topological polar surface area (TPSA) is 137 Å². The number of urea groups is 1. The van der Waals surface area contributed by atoms with Crippen LogP contribution in [-0.4, -0.2) is 55.3 Å². The fourth-order valence-electron chi connectivity index (χ4n) is 5.10. The largest absolute Gasteiger partial charge is 0.478 e. The number of unbranched alkanes of at least 4 members (excludes halogenated alkanes) is 1. The number of carbonyl (C=O) groups excluding carboxylic acids is 1. The van der Waals surface area contributed by atoms with Crippen LogP contribution in [0.5, 0.6) is 11.5 Å². The van der Waals surface area contributed by atoms with E-state index in [0.717, 1.165) is 51.4 Å². The molecule has 10 nitrogen and oxygen atoms in total. The Bertz CT molecular complexity index is 1470. The number of hydrogen-bond acceptors (Lipinski definition) is 6. The summed E-state index contributed by atoms with van der Waals surface area (Å²) >= 11 is 0. The SMILES string of the molecule is CCCCC1CC(NC(=O)Nc2cccc(C(=O)O)c2)CCN1Cc1ccc(Oc2ccc(NS(C)(=O)=O)cc2)cc1.Cl. The van der Waals surface area contributed by atoms with Gasteiger partial charge < -0.3 is 20.5 Å². The Morgan fingerprint density at radius 2 is 1.67 bits per heavy atom. The lowest BCUT2D eigenvalue weighted by molar-refractivity contribution is 0.0696. The third-order valence-corrected chi connectivity index (χ3v) is 7.74. The number of halogens is 1. The number of carbonyl (C=O) groups is 2. The lowest BCUT2D eigenvalue weighted by Crippen LogP contribution is -2.50. The zero-order chi connectivity index (χ0) is 30.1. The second kappa shape index (κ2) is 15.6. The average Bonchev–Trinajstić information content (AvgIpc) is 2.94. The van der Waals surface area contributed by atoms with Crippen molar-refractivity contribution in [1.82, 2.24) is 10.2 Å². The van der Waals surface area contributed by atoms with Gasteiger partial charge >= 0.3 is 12.0 Å². The fourth-order valence-corrected chi connectivity index (χ4v) is 5.66. The van der Waals surface area contributed by atoms with Crippen molar-refractivity contribution in [3.8, 4) is 11.5 Å². The number of piperidine rings is 1. The van der Waals surface area contributed by atoms with Gasteiger partial charge in [0, 0.05) is 36.5 Å². The van der Waals surface area contributed by atoms with Gasteiger partial charge in [-0.05, 0) is 79.4 Å². The number of carboxylic acids is 1. The third-order valence-electron chi connectivity index (χ3n) is 7.13. The van der Waals surface area contributed by atoms with E-state index >= 15 is 0 Å². The number of ether oxygens (including phenoxy) is 1. The molecule has 0 bridgehead atoms. The van der Waals surface area contributed by atoms with E-state index in [-0.39, 0.29) is 30.0 Å². The standard InChI is InChI=1S/C31H38N4O6S.ClH/c1-3-4-8-27-20-26(33-31(38)32-25-7-5-6-23(19-25)30(36)37)17-18-35(27)21-22-9-13-28(14-10-22)41-29-15-11-24(12-16-29)34-42(2,39)40;/h5-7,9-16,19,26-27,34H,3-4,8,17-18,20-21H2,1-2H3,(H,36,37)(H2,32,33,38);1H. The number of hydrogen-bond donors (Lipinski definition) is 4. The Morgan fingerprint density at radius 3 is 2.30 bits per heavy atom. The van der Waals surface area contributed by atoms with Crippen LogP contribution >= 0.6 is 12.4 Å². The molecule has 4 N–H and O–H groups in total. The van der Waals surface area contributed by atoms with Crippen molar-refractivity contribution >= 4 is 45.8 Å². The molecule has 0 aliphatic carbocycles. The number of benzene rings is 3. The van der Waals surface area contributed by atoms with Gasteiger partial charge in [-0.25, -0.2) is 18.0 Å². The molecule has 4 rings (SSSR count). The van der Waals surface area contributed by atoms with E-state index in [4.69, 9.17) is 4.74 Å². The highest BCUT2D eigenvalue weighted by molar-refractivity contribution is 7.92. The van der Waals surface area contributed by atoms with E-state index in [1.54, 1.807) is 36.4 Å². The van der Waals surface area contributed by atoms with Crippen molar-refractivity contribution in [3.05, 3.63) is 83.9 Å². The Hall–Kier alpha value is -3.80. The number of anilines is 2. The van der Waals surface area contributed by atoms with Crippen LogP contribution in [0.1, 0.15) is 54.9 Å². The number of aromatic carboxylic acids is 1. The molecule has 232 valence electrons. The van der Waals surface area contributed by atoms with E-state index in [9.17, 15) is 23.1 Å². The third kappa shape index (κ3) is 10.8. The summed E-state index contributed by atoms with van der Waals surface area (Å²) in [7, 11) is -3.33. The summed E-state index contributed by atoms with van der Waals surface area (Å²) in [4.78, 5) is 26.4. The molecular weight excluding hydrogens is 592 g/mol. The first-order valence-corrected chi connectivity index (χ1v) is 16.0. The van der Waals surface area contributed by atoms with Gasteiger partial charge in [0.2, 0.25) is 10.0 Å². The van der Waals surface area contributed by atoms with Crippen molar-refractivity contribution in [1.29, 1.82) is 0 Å². The molecule has 12 heteroatoms. The zero-order valence-electron chi connectivity index (χ0n) is 24.3. The van der Waals surface area contributed by atoms with Gasteiger partial charge in [0.15, 0.2) is 0 Å². The number of rotatable bonds is 12. The van der Waals surface area contributed by atoms with E-state index in [1.165, 1.54) is 17.7 Å². The molecule has 2 atom stereocenters. The maximum absolute atomic E-state index is 12.7. The number of nitrogens with zero attached hydrogens (tertiary/aromatic N) is 1. The molecule has 1 aliphatic rings. The average molecular weight is 631 g/mol. The summed E-state index contributed by atoms with van der Waals surface area (Å²) in [5, 5.41) is 15.0. The van der Waals surface area contributed by atoms with E-state index in [1.807, 2.05) is 12.1 Å². The van der Waals surface area contributed by atoms with Crippen LogP contribution in [-0.2, 0) is 16.6 Å². The van der Waals surface area contributed by atoms with Crippen LogP contribution in [0.3, 0.4) is 0 Å². The summed E-state index contributed by atoms with van der Waals surface area (Å²) in [6.07, 6.45) is 6.01. The van der Waals surface area contributed by atoms with Crippen molar-refractivity contribution in [2.75, 3.05) is 22.8 Å². The van der Waals surface area contributed by atoms with Crippen molar-refractivity contribution < 1.29 is 27.9 Å². The molecule has 0 saturated carbocycles. The van der Waals surface area contributed by atoms with E-state index in [2.05, 4.69) is 39.3 Å². The zero-order valence-corrected chi connectivity index (χ0v) is 25.9. The Balaban J connectivity index is 0.00000506. The van der Waals surface area contributed by atoms with Gasteiger partial charge in [0.05, 0.1) is 11.8 Å². The number of carboxylic acid groups (broad SMARTS) is 1. The van der Waals surface area contributed by atoms with Gasteiger partial charge in [0.25, 0.3) is 0 Å². The minimum atomic E-state index is -3.33. The minimum Gasteiger partial charge on any atom is -0.478 e. The van der Waals surface area contributed by atoms with Crippen LogP contribution in [0.15, 0.2) is 72.8 Å². The van der Waals surface area contributed by atoms with Crippen LogP contribution in [0.2, 0.25) is 0 Å². The van der Waals surface area contributed by atoms with E-state index in [0.29, 0.717) is 28.9 Å². The van der Waals surface area contributed by atoms with Gasteiger partial charge in [-0.2, -0.15) is 0 Å². The summed E-state index contributed by atoms with van der Waals surface area (Å²) in [6, 6.07) is 20.9. The first-order valence-electron chi connectivity index (χ1n) is 14.1. The smallest absolute Gasteiger partial charge is 0.335 e. The normalized spacial score (nSPS) is 16.9. The lowest BCUT2D eigenvalue weighted by atomic mass is 9.93. The number of likely N-dealkylation sites (tertiary alicyclic amines) is 1. The highest BCUT2D eigenvalue weighted by Gasteiger charge is 2.29. The molecular formula is C31H39ClN4O6S. The molecule has 1 aliphatic heterocycles. The predicted molar refractivity (Wildman–Crippen MR) is 171 cm³/mol. The maximum atomic E-state index is 12.7. The highest BCUT2D eigenvalue weighted by atomic mass is 35.5. The summed E-state index contributed by atoms with van der Waals surface area (Å²) < 4.78 is 31.1. The highest BCUT2D eigenvalue weighted by Crippen LogP contribution is 2.27. The molecule has 0 aromatic heterocycles. The molecule has 3 aromatic rings. The fraction of sp³-hybridized carbons (Fsp3) is 0.355. The van der Waals surface area contributed by atoms with E-state index < -0.39 is 16.0 Å². The van der Waals surface area contributed by atoms with Crippen LogP contribution < -0.4 is 20.1 Å². The van der Waals surface area contributed by atoms with Gasteiger partial charge in [-0.15, -0.1) is 12.4 Å². The molecule has 43 heavy (non-hydrogen) atoms. The second-order valence-electron chi connectivity index (χ2n) is 10.6. The van der Waals surface area contributed by atoms with Crippen LogP contribution in [0.4, 0.5) is 16.2 Å². The second-order valence-corrected chi connectivity index (χ2v) is 12.4. The molecule has 0 radical (unpaired) electrons. The van der Waals surface area contributed by atoms with Gasteiger partial charge in [-0.1, -0.05) is 38.0 Å². The summed E-state index contributed by atoms with van der Waals surface area (Å²) in [5.74, 6) is 0.256. The first-order chi connectivity index (χ1) is 20.1. The number of sulfonamides is 1. The minimum absolute atomic E-state index is 0. The van der Waals surface area contributed by atoms with Gasteiger partial charge in [-0.3, -0.25) is 9.62 Å². The predicted octanol–water partition coefficient (Wildman–Crippen LogP) is 6.32. The molecule has 1 fully saturated rings. The number of nitrogens with one attached hydrogen (secondary N) is 3. The molecule has 2 amide bonds. The Labute approximate surface area is 259 Å². The summed E-state index contributed by atoms with van der Waals surface area (Å²) in [5.41, 5.74) is 2.21. The van der Waals surface area contributed by atoms with Crippen molar-refractivity contribution in [2.24, 2.45) is 0 Å². The molecule has 2 unspecified atom stereocenters. The molecule has 1 saturated heterocycles. The Morgan fingerprint density at radius 1 is 1.00 bits per heavy atom. The van der Waals surface area contributed by atoms with Crippen molar-refractivity contribution in [3.63, 3.8) is 0 Å². The van der Waals surface area contributed by atoms with Crippen molar-refractivity contribution in [2.45, 2.75) is 57.7 Å². The molecule has 0 spiro atoms. The molecule has 1 heterocycles. The van der Waals surface area contributed by atoms with Crippen LogP contribution in [0.25, 0.3) is 0 Å².